The van der Waals surface area contributed by atoms with Crippen LogP contribution in [0.25, 0.3) is 10.9 Å². The van der Waals surface area contributed by atoms with Gasteiger partial charge in [-0.2, -0.15) is 4.98 Å². The second-order valence-corrected chi connectivity index (χ2v) is 8.13. The van der Waals surface area contributed by atoms with Crippen molar-refractivity contribution >= 4 is 22.7 Å². The summed E-state index contributed by atoms with van der Waals surface area (Å²) < 4.78 is 20.6. The first-order chi connectivity index (χ1) is 13.7. The van der Waals surface area contributed by atoms with Crippen LogP contribution in [0.15, 0.2) is 32.7 Å². The molecule has 0 atom stereocenters. The van der Waals surface area contributed by atoms with E-state index in [1.807, 2.05) is 6.92 Å². The molecule has 1 saturated carbocycles. The summed E-state index contributed by atoms with van der Waals surface area (Å²) in [4.78, 5) is 21.9. The van der Waals surface area contributed by atoms with Gasteiger partial charge in [-0.25, -0.2) is 9.37 Å². The fourth-order valence-corrected chi connectivity index (χ4v) is 4.55. The maximum Gasteiger partial charge on any atom is 0.262 e. The number of aromatic nitrogens is 4. The van der Waals surface area contributed by atoms with E-state index in [9.17, 15) is 9.18 Å². The van der Waals surface area contributed by atoms with E-state index < -0.39 is 5.82 Å². The van der Waals surface area contributed by atoms with Gasteiger partial charge in [-0.3, -0.25) is 9.36 Å². The quantitative estimate of drug-likeness (QED) is 0.441. The average molecular weight is 402 g/mol. The minimum absolute atomic E-state index is 0.220. The molecule has 0 radical (unpaired) electrons. The van der Waals surface area contributed by atoms with Gasteiger partial charge in [0.25, 0.3) is 5.56 Å². The molecule has 8 heteroatoms. The van der Waals surface area contributed by atoms with Crippen LogP contribution in [-0.2, 0) is 12.3 Å². The second kappa shape index (κ2) is 8.43. The van der Waals surface area contributed by atoms with Crippen molar-refractivity contribution in [1.29, 1.82) is 0 Å². The summed E-state index contributed by atoms with van der Waals surface area (Å²) in [6, 6.07) is 4.11. The fourth-order valence-electron chi connectivity index (χ4n) is 3.68. The van der Waals surface area contributed by atoms with E-state index in [0.29, 0.717) is 40.2 Å². The Bertz CT molecular complexity index is 1030. The van der Waals surface area contributed by atoms with Gasteiger partial charge in [0.1, 0.15) is 5.82 Å². The Morgan fingerprint density at radius 3 is 2.86 bits per heavy atom. The molecule has 0 N–H and O–H groups in total. The highest BCUT2D eigenvalue weighted by Crippen LogP contribution is 2.31. The minimum Gasteiger partial charge on any atom is -0.338 e. The highest BCUT2D eigenvalue weighted by atomic mass is 32.2. The van der Waals surface area contributed by atoms with Crippen molar-refractivity contribution in [2.75, 3.05) is 0 Å². The van der Waals surface area contributed by atoms with Gasteiger partial charge in [0.15, 0.2) is 11.0 Å². The van der Waals surface area contributed by atoms with E-state index >= 15 is 0 Å². The zero-order chi connectivity index (χ0) is 19.5. The van der Waals surface area contributed by atoms with Crippen molar-refractivity contribution in [2.24, 2.45) is 0 Å². The summed E-state index contributed by atoms with van der Waals surface area (Å²) in [6.45, 7) is 2.52. The highest BCUT2D eigenvalue weighted by Gasteiger charge is 2.21. The Labute approximate surface area is 166 Å². The molecule has 1 aliphatic carbocycles. The summed E-state index contributed by atoms with van der Waals surface area (Å²) in [7, 11) is 0. The van der Waals surface area contributed by atoms with Crippen molar-refractivity contribution < 1.29 is 8.91 Å². The number of rotatable bonds is 6. The van der Waals surface area contributed by atoms with Crippen LogP contribution in [0.5, 0.6) is 0 Å². The van der Waals surface area contributed by atoms with Gasteiger partial charge in [0.05, 0.1) is 16.7 Å². The molecule has 148 valence electrons. The summed E-state index contributed by atoms with van der Waals surface area (Å²) in [5.74, 6) is 1.74. The average Bonchev–Trinajstić information content (AvgIpc) is 3.19. The molecule has 0 unspecified atom stereocenters. The number of benzene rings is 1. The van der Waals surface area contributed by atoms with E-state index in [1.54, 1.807) is 10.6 Å². The molecule has 2 heterocycles. The van der Waals surface area contributed by atoms with Crippen LogP contribution in [0.3, 0.4) is 0 Å². The lowest BCUT2D eigenvalue weighted by atomic mass is 9.89. The smallest absolute Gasteiger partial charge is 0.262 e. The van der Waals surface area contributed by atoms with Crippen LogP contribution in [0, 0.1) is 5.82 Å². The third kappa shape index (κ3) is 3.97. The van der Waals surface area contributed by atoms with Crippen LogP contribution in [-0.4, -0.2) is 19.7 Å². The summed E-state index contributed by atoms with van der Waals surface area (Å²) in [5, 5.41) is 5.05. The van der Waals surface area contributed by atoms with E-state index in [0.717, 1.165) is 25.1 Å². The molecule has 2 aromatic heterocycles. The molecule has 0 spiro atoms. The molecule has 1 aromatic carbocycles. The molecule has 6 nitrogen and oxygen atoms in total. The predicted octanol–water partition coefficient (Wildman–Crippen LogP) is 4.67. The van der Waals surface area contributed by atoms with Crippen molar-refractivity contribution in [3.05, 3.63) is 46.1 Å². The molecule has 1 aliphatic rings. The number of thioether (sulfide) groups is 1. The minimum atomic E-state index is -0.434. The first kappa shape index (κ1) is 19.1. The van der Waals surface area contributed by atoms with Crippen LogP contribution < -0.4 is 5.56 Å². The Morgan fingerprint density at radius 2 is 2.07 bits per heavy atom. The largest absolute Gasteiger partial charge is 0.338 e. The number of nitrogens with zero attached hydrogens (tertiary/aromatic N) is 4. The summed E-state index contributed by atoms with van der Waals surface area (Å²) in [6.07, 6.45) is 6.73. The third-order valence-corrected chi connectivity index (χ3v) is 6.07. The Balaban J connectivity index is 1.57. The van der Waals surface area contributed by atoms with Crippen LogP contribution in [0.4, 0.5) is 4.39 Å². The summed E-state index contributed by atoms with van der Waals surface area (Å²) in [5.41, 5.74) is 0.275. The lowest BCUT2D eigenvalue weighted by Crippen LogP contribution is -2.23. The normalized spacial score (nSPS) is 15.4. The van der Waals surface area contributed by atoms with Crippen LogP contribution >= 0.6 is 11.8 Å². The number of halogens is 1. The molecular weight excluding hydrogens is 379 g/mol. The Hall–Kier alpha value is -2.22. The van der Waals surface area contributed by atoms with Crippen LogP contribution in [0.1, 0.15) is 63.1 Å². The standard InChI is InChI=1S/C20H23FN4O2S/c1-2-10-25-19(26)15-11-14(21)8-9-16(15)22-20(25)28-12-17-23-18(24-27-17)13-6-4-3-5-7-13/h8-9,11,13H,2-7,10,12H2,1H3. The maximum atomic E-state index is 13.6. The van der Waals surface area contributed by atoms with Crippen LogP contribution in [0.2, 0.25) is 0 Å². The Kier molecular flexibility index (Phi) is 5.75. The molecule has 0 bridgehead atoms. The van der Waals surface area contributed by atoms with E-state index in [1.165, 1.54) is 43.2 Å². The lowest BCUT2D eigenvalue weighted by Gasteiger charge is -2.17. The Morgan fingerprint density at radius 1 is 1.25 bits per heavy atom. The zero-order valence-electron chi connectivity index (χ0n) is 15.9. The molecule has 3 aromatic rings. The predicted molar refractivity (Wildman–Crippen MR) is 106 cm³/mol. The van der Waals surface area contributed by atoms with Crippen molar-refractivity contribution in [1.82, 2.24) is 19.7 Å². The zero-order valence-corrected chi connectivity index (χ0v) is 16.7. The highest BCUT2D eigenvalue weighted by molar-refractivity contribution is 7.98. The molecule has 0 saturated heterocycles. The van der Waals surface area contributed by atoms with Gasteiger partial charge in [-0.15, -0.1) is 0 Å². The monoisotopic (exact) mass is 402 g/mol. The van der Waals surface area contributed by atoms with Crippen molar-refractivity contribution in [2.45, 2.75) is 68.8 Å². The number of fused-ring (bicyclic) bond motifs is 1. The van der Waals surface area contributed by atoms with Gasteiger partial charge < -0.3 is 4.52 Å². The molecule has 1 fully saturated rings. The first-order valence-corrected chi connectivity index (χ1v) is 10.8. The second-order valence-electron chi connectivity index (χ2n) is 7.18. The number of hydrogen-bond acceptors (Lipinski definition) is 6. The molecular formula is C20H23FN4O2S. The fraction of sp³-hybridized carbons (Fsp3) is 0.500. The summed E-state index contributed by atoms with van der Waals surface area (Å²) >= 11 is 1.40. The maximum absolute atomic E-state index is 13.6. The molecule has 28 heavy (non-hydrogen) atoms. The topological polar surface area (TPSA) is 73.8 Å². The first-order valence-electron chi connectivity index (χ1n) is 9.81. The molecule has 0 amide bonds. The van der Waals surface area contributed by atoms with E-state index in [4.69, 9.17) is 4.52 Å². The lowest BCUT2D eigenvalue weighted by molar-refractivity contribution is 0.365. The third-order valence-electron chi connectivity index (χ3n) is 5.11. The van der Waals surface area contributed by atoms with Gasteiger partial charge in [0, 0.05) is 12.5 Å². The van der Waals surface area contributed by atoms with E-state index in [2.05, 4.69) is 15.1 Å². The van der Waals surface area contributed by atoms with E-state index in [-0.39, 0.29) is 5.56 Å². The van der Waals surface area contributed by atoms with Gasteiger partial charge in [-0.1, -0.05) is 43.1 Å². The van der Waals surface area contributed by atoms with Gasteiger partial charge in [0.2, 0.25) is 5.89 Å². The molecule has 4 rings (SSSR count). The number of hydrogen-bond donors (Lipinski definition) is 0. The van der Waals surface area contributed by atoms with Crippen molar-refractivity contribution in [3.63, 3.8) is 0 Å². The SMILES string of the molecule is CCCn1c(SCc2nc(C3CCCCC3)no2)nc2ccc(F)cc2c1=O. The van der Waals surface area contributed by atoms with Gasteiger partial charge >= 0.3 is 0 Å². The molecule has 0 aliphatic heterocycles. The van der Waals surface area contributed by atoms with Gasteiger partial charge in [-0.05, 0) is 37.5 Å². The van der Waals surface area contributed by atoms with Crippen molar-refractivity contribution in [3.8, 4) is 0 Å².